The quantitative estimate of drug-likeness (QED) is 0.631. The lowest BCUT2D eigenvalue weighted by molar-refractivity contribution is -0.385. The van der Waals surface area contributed by atoms with Gasteiger partial charge in [-0.25, -0.2) is 0 Å². The lowest BCUT2D eigenvalue weighted by Crippen LogP contribution is -2.55. The Labute approximate surface area is 123 Å². The average molecular weight is 289 g/mol. The van der Waals surface area contributed by atoms with Crippen molar-refractivity contribution in [1.29, 1.82) is 0 Å². The van der Waals surface area contributed by atoms with Crippen LogP contribution >= 0.6 is 0 Å². The molecule has 1 aromatic carbocycles. The molecule has 2 aliphatic rings. The summed E-state index contributed by atoms with van der Waals surface area (Å²) < 4.78 is 6.06. The van der Waals surface area contributed by atoms with E-state index in [1.165, 1.54) is 0 Å². The smallest absolute Gasteiger partial charge is 0.272 e. The maximum Gasteiger partial charge on any atom is 0.272 e. The minimum atomic E-state index is -0.378. The number of nitrogens with zero attached hydrogens (tertiary/aromatic N) is 1. The summed E-state index contributed by atoms with van der Waals surface area (Å²) in [6.45, 7) is 3.52. The number of nitro groups is 1. The van der Waals surface area contributed by atoms with E-state index in [0.29, 0.717) is 23.5 Å². The van der Waals surface area contributed by atoms with E-state index in [1.807, 2.05) is 6.92 Å². The molecule has 0 heterocycles. The number of ketones is 1. The number of nitro benzene ring substituents is 1. The molecule has 0 radical (unpaired) electrons. The Bertz CT molecular complexity index is 617. The highest BCUT2D eigenvalue weighted by atomic mass is 16.6. The van der Waals surface area contributed by atoms with Gasteiger partial charge >= 0.3 is 0 Å². The zero-order valence-corrected chi connectivity index (χ0v) is 12.3. The van der Waals surface area contributed by atoms with Crippen molar-refractivity contribution >= 4 is 11.5 Å². The molecule has 1 atom stereocenters. The predicted molar refractivity (Wildman–Crippen MR) is 77.5 cm³/mol. The first-order valence-electron chi connectivity index (χ1n) is 7.39. The number of hydrogen-bond acceptors (Lipinski definition) is 4. The lowest BCUT2D eigenvalue weighted by atomic mass is 9.63. The second-order valence-electron chi connectivity index (χ2n) is 6.26. The number of carbonyl (C=O) groups excluding carboxylic acids is 1. The highest BCUT2D eigenvalue weighted by Gasteiger charge is 2.57. The van der Waals surface area contributed by atoms with Crippen LogP contribution in [-0.4, -0.2) is 16.8 Å². The molecule has 0 amide bonds. The van der Waals surface area contributed by atoms with Gasteiger partial charge in [0, 0.05) is 18.1 Å². The number of benzene rings is 1. The number of rotatable bonds is 3. The van der Waals surface area contributed by atoms with Crippen molar-refractivity contribution < 1.29 is 14.5 Å². The average Bonchev–Trinajstić information content (AvgIpc) is 2.94. The summed E-state index contributed by atoms with van der Waals surface area (Å²) in [7, 11) is 0. The maximum atomic E-state index is 12.0. The number of hydrogen-bond donors (Lipinski definition) is 0. The van der Waals surface area contributed by atoms with Crippen molar-refractivity contribution in [2.24, 2.45) is 5.41 Å². The highest BCUT2D eigenvalue weighted by Crippen LogP contribution is 2.52. The number of aryl methyl sites for hydroxylation is 2. The van der Waals surface area contributed by atoms with Crippen molar-refractivity contribution in [2.75, 3.05) is 0 Å². The second kappa shape index (κ2) is 4.83. The molecule has 1 unspecified atom stereocenters. The Hall–Kier alpha value is -1.91. The second-order valence-corrected chi connectivity index (χ2v) is 6.26. The zero-order valence-electron chi connectivity index (χ0n) is 12.3. The molecule has 0 aromatic heterocycles. The summed E-state index contributed by atoms with van der Waals surface area (Å²) in [5.41, 5.74) is 1.17. The van der Waals surface area contributed by atoms with Gasteiger partial charge in [0.25, 0.3) is 5.69 Å². The van der Waals surface area contributed by atoms with Gasteiger partial charge in [0.15, 0.2) is 0 Å². The normalized spacial score (nSPS) is 23.1. The molecule has 0 N–H and O–H groups in total. The van der Waals surface area contributed by atoms with Crippen molar-refractivity contribution in [2.45, 2.75) is 52.1 Å². The van der Waals surface area contributed by atoms with Crippen LogP contribution in [0.2, 0.25) is 0 Å². The maximum absolute atomic E-state index is 12.0. The SMILES string of the molecule is Cc1cc([N+](=O)[O-])c(C)cc1OC1CC(=O)C12CCCC2. The monoisotopic (exact) mass is 289 g/mol. The summed E-state index contributed by atoms with van der Waals surface area (Å²) in [6.07, 6.45) is 4.42. The first kappa shape index (κ1) is 14.0. The van der Waals surface area contributed by atoms with Crippen LogP contribution in [0.3, 0.4) is 0 Å². The summed E-state index contributed by atoms with van der Waals surface area (Å²) in [4.78, 5) is 22.5. The Balaban J connectivity index is 1.84. The van der Waals surface area contributed by atoms with Crippen LogP contribution in [0.5, 0.6) is 5.75 Å². The van der Waals surface area contributed by atoms with Gasteiger partial charge in [-0.2, -0.15) is 0 Å². The first-order valence-corrected chi connectivity index (χ1v) is 7.39. The minimum absolute atomic E-state index is 0.0629. The summed E-state index contributed by atoms with van der Waals surface area (Å²) >= 11 is 0. The predicted octanol–water partition coefficient (Wildman–Crippen LogP) is 3.49. The fourth-order valence-electron chi connectivity index (χ4n) is 3.63. The molecule has 0 aliphatic heterocycles. The molecule has 112 valence electrons. The molecule has 2 aliphatic carbocycles. The van der Waals surface area contributed by atoms with Crippen LogP contribution in [-0.2, 0) is 4.79 Å². The highest BCUT2D eigenvalue weighted by molar-refractivity contribution is 5.92. The van der Waals surface area contributed by atoms with Gasteiger partial charge in [0.2, 0.25) is 0 Å². The Morgan fingerprint density at radius 3 is 2.48 bits per heavy atom. The van der Waals surface area contributed by atoms with E-state index in [0.717, 1.165) is 31.2 Å². The third-order valence-electron chi connectivity index (χ3n) is 5.00. The fourth-order valence-corrected chi connectivity index (χ4v) is 3.63. The van der Waals surface area contributed by atoms with Gasteiger partial charge in [-0.05, 0) is 38.3 Å². The Kier molecular flexibility index (Phi) is 3.23. The third kappa shape index (κ3) is 2.11. The molecule has 3 rings (SSSR count). The topological polar surface area (TPSA) is 69.4 Å². The molecule has 2 saturated carbocycles. The van der Waals surface area contributed by atoms with Crippen molar-refractivity contribution in [3.05, 3.63) is 33.4 Å². The number of ether oxygens (including phenoxy) is 1. The Morgan fingerprint density at radius 1 is 1.24 bits per heavy atom. The van der Waals surface area contributed by atoms with E-state index < -0.39 is 0 Å². The zero-order chi connectivity index (χ0) is 15.2. The van der Waals surface area contributed by atoms with Gasteiger partial charge in [-0.1, -0.05) is 12.8 Å². The molecule has 5 nitrogen and oxygen atoms in total. The van der Waals surface area contributed by atoms with E-state index >= 15 is 0 Å². The van der Waals surface area contributed by atoms with Crippen molar-refractivity contribution in [1.82, 2.24) is 0 Å². The van der Waals surface area contributed by atoms with Crippen LogP contribution in [0.25, 0.3) is 0 Å². The summed E-state index contributed by atoms with van der Waals surface area (Å²) in [5, 5.41) is 10.9. The third-order valence-corrected chi connectivity index (χ3v) is 5.00. The Morgan fingerprint density at radius 2 is 1.90 bits per heavy atom. The van der Waals surface area contributed by atoms with Gasteiger partial charge in [0.1, 0.15) is 17.6 Å². The van der Waals surface area contributed by atoms with E-state index in [1.54, 1.807) is 19.1 Å². The molecule has 1 spiro atoms. The van der Waals surface area contributed by atoms with E-state index in [2.05, 4.69) is 0 Å². The minimum Gasteiger partial charge on any atom is -0.489 e. The number of carbonyl (C=O) groups is 1. The van der Waals surface area contributed by atoms with Gasteiger partial charge < -0.3 is 4.74 Å². The molecule has 21 heavy (non-hydrogen) atoms. The molecular weight excluding hydrogens is 270 g/mol. The van der Waals surface area contributed by atoms with Crippen molar-refractivity contribution in [3.8, 4) is 5.75 Å². The molecule has 0 bridgehead atoms. The summed E-state index contributed by atoms with van der Waals surface area (Å²) in [6, 6.07) is 3.27. The van der Waals surface area contributed by atoms with Crippen LogP contribution in [0.4, 0.5) is 5.69 Å². The van der Waals surface area contributed by atoms with Crippen LogP contribution < -0.4 is 4.74 Å². The summed E-state index contributed by atoms with van der Waals surface area (Å²) in [5.74, 6) is 0.989. The van der Waals surface area contributed by atoms with E-state index in [9.17, 15) is 14.9 Å². The standard InChI is InChI=1S/C16H19NO4/c1-10-8-13(11(2)7-12(10)17(19)20)21-15-9-14(18)16(15)5-3-4-6-16/h7-8,15H,3-6,9H2,1-2H3. The van der Waals surface area contributed by atoms with Gasteiger partial charge in [-0.3, -0.25) is 14.9 Å². The van der Waals surface area contributed by atoms with Crippen LogP contribution in [0.15, 0.2) is 12.1 Å². The lowest BCUT2D eigenvalue weighted by Gasteiger charge is -2.45. The van der Waals surface area contributed by atoms with E-state index in [-0.39, 0.29) is 22.1 Å². The van der Waals surface area contributed by atoms with Crippen LogP contribution in [0.1, 0.15) is 43.2 Å². The van der Waals surface area contributed by atoms with Gasteiger partial charge in [-0.15, -0.1) is 0 Å². The van der Waals surface area contributed by atoms with E-state index in [4.69, 9.17) is 4.74 Å². The molecule has 5 heteroatoms. The molecule has 0 saturated heterocycles. The van der Waals surface area contributed by atoms with Crippen molar-refractivity contribution in [3.63, 3.8) is 0 Å². The largest absolute Gasteiger partial charge is 0.489 e. The number of Topliss-reactive ketones (excluding diaryl/α,β-unsaturated/α-hetero) is 1. The fraction of sp³-hybridized carbons (Fsp3) is 0.562. The first-order chi connectivity index (χ1) is 9.94. The van der Waals surface area contributed by atoms with Crippen LogP contribution in [0, 0.1) is 29.4 Å². The molecule has 1 aromatic rings. The molecular formula is C16H19NO4. The molecule has 2 fully saturated rings. The van der Waals surface area contributed by atoms with Gasteiger partial charge in [0.05, 0.1) is 10.3 Å².